The third-order valence-corrected chi connectivity index (χ3v) is 5.86. The molecule has 1 aliphatic carbocycles. The van der Waals surface area contributed by atoms with E-state index in [0.29, 0.717) is 23.8 Å². The number of nitrogens with one attached hydrogen (secondary N) is 2. The zero-order valence-electron chi connectivity index (χ0n) is 14.9. The van der Waals surface area contributed by atoms with E-state index in [-0.39, 0.29) is 24.0 Å². The number of halogens is 1. The minimum absolute atomic E-state index is 0. The summed E-state index contributed by atoms with van der Waals surface area (Å²) < 4.78 is 12.2. The number of rotatable bonds is 5. The second-order valence-corrected chi connectivity index (χ2v) is 8.52. The van der Waals surface area contributed by atoms with Gasteiger partial charge < -0.3 is 10.6 Å². The van der Waals surface area contributed by atoms with Gasteiger partial charge in [0.1, 0.15) is 0 Å². The lowest BCUT2D eigenvalue weighted by Gasteiger charge is -2.35. The van der Waals surface area contributed by atoms with Gasteiger partial charge in [0.15, 0.2) is 5.96 Å². The first kappa shape index (κ1) is 21.4. The molecule has 0 heterocycles. The van der Waals surface area contributed by atoms with Crippen LogP contribution in [0.5, 0.6) is 0 Å². The van der Waals surface area contributed by atoms with Crippen LogP contribution in [-0.4, -0.2) is 35.6 Å². The molecule has 1 atom stereocenters. The molecule has 0 radical (unpaired) electrons. The second kappa shape index (κ2) is 10.4. The van der Waals surface area contributed by atoms with E-state index in [1.54, 1.807) is 7.05 Å². The molecule has 24 heavy (non-hydrogen) atoms. The number of hydrogen-bond donors (Lipinski definition) is 2. The molecule has 0 aliphatic heterocycles. The Morgan fingerprint density at radius 3 is 2.46 bits per heavy atom. The van der Waals surface area contributed by atoms with Crippen LogP contribution in [0.25, 0.3) is 0 Å². The van der Waals surface area contributed by atoms with Crippen LogP contribution in [-0.2, 0) is 10.8 Å². The van der Waals surface area contributed by atoms with E-state index in [4.69, 9.17) is 0 Å². The molecule has 2 rings (SSSR count). The van der Waals surface area contributed by atoms with E-state index in [0.717, 1.165) is 10.9 Å². The summed E-state index contributed by atoms with van der Waals surface area (Å²) in [6, 6.07) is 10.1. The Morgan fingerprint density at radius 2 is 1.88 bits per heavy atom. The van der Waals surface area contributed by atoms with E-state index in [1.807, 2.05) is 30.3 Å². The number of nitrogens with zero attached hydrogens (tertiary/aromatic N) is 1. The van der Waals surface area contributed by atoms with Gasteiger partial charge in [-0.2, -0.15) is 0 Å². The van der Waals surface area contributed by atoms with Gasteiger partial charge in [-0.15, -0.1) is 24.0 Å². The normalized spacial score (nSPS) is 19.2. The molecule has 4 nitrogen and oxygen atoms in total. The first-order valence-electron chi connectivity index (χ1n) is 8.41. The molecular formula is C18H30IN3OS. The SMILES string of the molecule is CN=C(NCCS(=O)c1ccccc1)NC1CCC(C)(C)CC1.I. The molecule has 1 saturated carbocycles. The lowest BCUT2D eigenvalue weighted by molar-refractivity contribution is 0.216. The van der Waals surface area contributed by atoms with Gasteiger partial charge in [0.25, 0.3) is 0 Å². The smallest absolute Gasteiger partial charge is 0.191 e. The Kier molecular flexibility index (Phi) is 9.26. The van der Waals surface area contributed by atoms with Gasteiger partial charge in [-0.3, -0.25) is 9.20 Å². The lowest BCUT2D eigenvalue weighted by atomic mass is 9.75. The molecule has 136 valence electrons. The van der Waals surface area contributed by atoms with Crippen LogP contribution in [0.15, 0.2) is 40.2 Å². The third-order valence-electron chi connectivity index (χ3n) is 4.49. The van der Waals surface area contributed by atoms with E-state index < -0.39 is 10.8 Å². The zero-order chi connectivity index (χ0) is 16.7. The van der Waals surface area contributed by atoms with E-state index >= 15 is 0 Å². The van der Waals surface area contributed by atoms with Crippen LogP contribution in [0.3, 0.4) is 0 Å². The Morgan fingerprint density at radius 1 is 1.25 bits per heavy atom. The number of guanidine groups is 1. The van der Waals surface area contributed by atoms with Crippen molar-refractivity contribution < 1.29 is 4.21 Å². The fourth-order valence-electron chi connectivity index (χ4n) is 2.88. The molecule has 2 N–H and O–H groups in total. The molecule has 6 heteroatoms. The maximum atomic E-state index is 12.2. The number of benzene rings is 1. The Labute approximate surface area is 165 Å². The quantitative estimate of drug-likeness (QED) is 0.399. The Bertz CT molecular complexity index is 538. The van der Waals surface area contributed by atoms with Crippen molar-refractivity contribution >= 4 is 40.7 Å². The van der Waals surface area contributed by atoms with Crippen LogP contribution in [0, 0.1) is 5.41 Å². The first-order chi connectivity index (χ1) is 11.0. The maximum Gasteiger partial charge on any atom is 0.191 e. The molecule has 0 amide bonds. The molecule has 1 fully saturated rings. The average Bonchev–Trinajstić information content (AvgIpc) is 2.56. The second-order valence-electron chi connectivity index (χ2n) is 6.94. The van der Waals surface area contributed by atoms with E-state index in [9.17, 15) is 4.21 Å². The van der Waals surface area contributed by atoms with E-state index in [2.05, 4.69) is 29.5 Å². The van der Waals surface area contributed by atoms with Gasteiger partial charge in [0.05, 0.1) is 10.8 Å². The highest BCUT2D eigenvalue weighted by molar-refractivity contribution is 14.0. The maximum absolute atomic E-state index is 12.2. The molecule has 1 aromatic rings. The minimum Gasteiger partial charge on any atom is -0.355 e. The summed E-state index contributed by atoms with van der Waals surface area (Å²) in [5, 5.41) is 6.78. The van der Waals surface area contributed by atoms with Gasteiger partial charge in [0, 0.05) is 30.3 Å². The zero-order valence-corrected chi connectivity index (χ0v) is 18.0. The van der Waals surface area contributed by atoms with Crippen LogP contribution in [0.4, 0.5) is 0 Å². The fourth-order valence-corrected chi connectivity index (χ4v) is 3.87. The molecule has 0 saturated heterocycles. The summed E-state index contributed by atoms with van der Waals surface area (Å²) in [5.41, 5.74) is 0.474. The average molecular weight is 463 g/mol. The van der Waals surface area contributed by atoms with Crippen molar-refractivity contribution in [1.29, 1.82) is 0 Å². The molecule has 0 spiro atoms. The summed E-state index contributed by atoms with van der Waals surface area (Å²) in [5.74, 6) is 1.40. The number of aliphatic imine (C=N–C) groups is 1. The van der Waals surface area contributed by atoms with Crippen LogP contribution < -0.4 is 10.6 Å². The summed E-state index contributed by atoms with van der Waals surface area (Å²) in [6.45, 7) is 5.34. The van der Waals surface area contributed by atoms with Gasteiger partial charge in [-0.1, -0.05) is 32.0 Å². The van der Waals surface area contributed by atoms with Crippen molar-refractivity contribution in [3.05, 3.63) is 30.3 Å². The van der Waals surface area contributed by atoms with Gasteiger partial charge in [-0.05, 0) is 43.2 Å². The molecule has 1 aromatic carbocycles. The highest BCUT2D eigenvalue weighted by atomic mass is 127. The standard InChI is InChI=1S/C18H29N3OS.HI/c1-18(2)11-9-15(10-12-18)21-17(19-3)20-13-14-23(22)16-7-5-4-6-8-16;/h4-8,15H,9-14H2,1-3H3,(H2,19,20,21);1H. The van der Waals surface area contributed by atoms with Gasteiger partial charge in [-0.25, -0.2) is 0 Å². The van der Waals surface area contributed by atoms with Crippen molar-refractivity contribution in [2.45, 2.75) is 50.5 Å². The molecule has 0 aromatic heterocycles. The van der Waals surface area contributed by atoms with Crippen LogP contribution >= 0.6 is 24.0 Å². The topological polar surface area (TPSA) is 53.5 Å². The number of hydrogen-bond acceptors (Lipinski definition) is 2. The van der Waals surface area contributed by atoms with Crippen molar-refractivity contribution in [2.75, 3.05) is 19.3 Å². The van der Waals surface area contributed by atoms with Crippen LogP contribution in [0.1, 0.15) is 39.5 Å². The first-order valence-corrected chi connectivity index (χ1v) is 9.73. The predicted octanol–water partition coefficient (Wildman–Crippen LogP) is 3.55. The molecule has 1 aliphatic rings. The highest BCUT2D eigenvalue weighted by Crippen LogP contribution is 2.34. The predicted molar refractivity (Wildman–Crippen MR) is 114 cm³/mol. The largest absolute Gasteiger partial charge is 0.355 e. The van der Waals surface area contributed by atoms with Crippen molar-refractivity contribution in [2.24, 2.45) is 10.4 Å². The summed E-state index contributed by atoms with van der Waals surface area (Å²) >= 11 is 0. The van der Waals surface area contributed by atoms with Gasteiger partial charge in [0.2, 0.25) is 0 Å². The van der Waals surface area contributed by atoms with E-state index in [1.165, 1.54) is 25.7 Å². The lowest BCUT2D eigenvalue weighted by Crippen LogP contribution is -2.46. The summed E-state index contributed by atoms with van der Waals surface area (Å²) in [6.07, 6.45) is 4.87. The summed E-state index contributed by atoms with van der Waals surface area (Å²) in [4.78, 5) is 5.16. The Balaban J connectivity index is 0.00000288. The highest BCUT2D eigenvalue weighted by Gasteiger charge is 2.27. The third kappa shape index (κ3) is 7.09. The molecule has 0 bridgehead atoms. The monoisotopic (exact) mass is 463 g/mol. The molecule has 1 unspecified atom stereocenters. The summed E-state index contributed by atoms with van der Waals surface area (Å²) in [7, 11) is 0.824. The van der Waals surface area contributed by atoms with Crippen molar-refractivity contribution in [3.63, 3.8) is 0 Å². The molecular weight excluding hydrogens is 433 g/mol. The minimum atomic E-state index is -0.964. The van der Waals surface area contributed by atoms with Gasteiger partial charge >= 0.3 is 0 Å². The van der Waals surface area contributed by atoms with Crippen LogP contribution in [0.2, 0.25) is 0 Å². The van der Waals surface area contributed by atoms with Crippen molar-refractivity contribution in [3.8, 4) is 0 Å². The Hall–Kier alpha value is -0.630. The van der Waals surface area contributed by atoms with Crippen molar-refractivity contribution in [1.82, 2.24) is 10.6 Å². The fraction of sp³-hybridized carbons (Fsp3) is 0.611.